The van der Waals surface area contributed by atoms with Crippen LogP contribution in [0.2, 0.25) is 0 Å². The molecule has 0 unspecified atom stereocenters. The van der Waals surface area contributed by atoms with E-state index in [4.69, 9.17) is 12.2 Å². The van der Waals surface area contributed by atoms with Crippen molar-refractivity contribution in [2.24, 2.45) is 10.7 Å². The maximum atomic E-state index is 11.8. The molecule has 0 bridgehead atoms. The molecule has 1 aromatic carbocycles. The molecule has 2 amide bonds. The Labute approximate surface area is 113 Å². The molecule has 0 spiro atoms. The number of nitrogens with one attached hydrogen (secondary N) is 2. The Morgan fingerprint density at radius 2 is 2.26 bits per heavy atom. The molecular formula is C14H18N4O. The molecule has 0 aromatic heterocycles. The van der Waals surface area contributed by atoms with Gasteiger partial charge in [-0.05, 0) is 24.5 Å². The van der Waals surface area contributed by atoms with E-state index in [-0.39, 0.29) is 12.5 Å². The van der Waals surface area contributed by atoms with E-state index in [9.17, 15) is 4.79 Å². The molecule has 100 valence electrons. The van der Waals surface area contributed by atoms with Gasteiger partial charge in [-0.15, -0.1) is 6.42 Å². The third kappa shape index (κ3) is 4.36. The summed E-state index contributed by atoms with van der Waals surface area (Å²) in [6, 6.07) is 5.44. The number of aliphatic imine (C=N–C) groups is 1. The number of nitrogens with zero attached hydrogens (tertiary/aromatic N) is 1. The van der Waals surface area contributed by atoms with Crippen LogP contribution in [-0.2, 0) is 6.42 Å². The van der Waals surface area contributed by atoms with Gasteiger partial charge in [-0.2, -0.15) is 0 Å². The van der Waals surface area contributed by atoms with Crippen molar-refractivity contribution in [3.8, 4) is 12.3 Å². The molecule has 0 heterocycles. The zero-order valence-electron chi connectivity index (χ0n) is 11.2. The van der Waals surface area contributed by atoms with Crippen molar-refractivity contribution in [1.29, 1.82) is 0 Å². The first-order valence-corrected chi connectivity index (χ1v) is 5.98. The molecule has 0 aliphatic heterocycles. The maximum absolute atomic E-state index is 11.8. The smallest absolute Gasteiger partial charge is 0.326 e. The van der Waals surface area contributed by atoms with Crippen molar-refractivity contribution in [3.63, 3.8) is 0 Å². The minimum Gasteiger partial charge on any atom is -0.370 e. The van der Waals surface area contributed by atoms with Crippen LogP contribution in [0.1, 0.15) is 18.1 Å². The zero-order valence-corrected chi connectivity index (χ0v) is 11.2. The normalized spacial score (nSPS) is 10.7. The van der Waals surface area contributed by atoms with Crippen LogP contribution in [0.25, 0.3) is 0 Å². The third-order valence-corrected chi connectivity index (χ3v) is 2.56. The number of para-hydroxylation sites is 1. The molecule has 4 N–H and O–H groups in total. The van der Waals surface area contributed by atoms with Crippen molar-refractivity contribution in [2.45, 2.75) is 20.3 Å². The molecule has 1 rings (SSSR count). The second-order valence-corrected chi connectivity index (χ2v) is 3.95. The van der Waals surface area contributed by atoms with E-state index in [1.54, 1.807) is 0 Å². The van der Waals surface area contributed by atoms with Gasteiger partial charge < -0.3 is 11.1 Å². The van der Waals surface area contributed by atoms with Crippen LogP contribution in [0.5, 0.6) is 0 Å². The van der Waals surface area contributed by atoms with Gasteiger partial charge in [0.15, 0.2) is 5.96 Å². The summed E-state index contributed by atoms with van der Waals surface area (Å²) in [5.74, 6) is 2.31. The van der Waals surface area contributed by atoms with Gasteiger partial charge in [0.05, 0.1) is 0 Å². The number of terminal acetylenes is 1. The van der Waals surface area contributed by atoms with Gasteiger partial charge in [0.1, 0.15) is 6.54 Å². The third-order valence-electron chi connectivity index (χ3n) is 2.56. The summed E-state index contributed by atoms with van der Waals surface area (Å²) in [5.41, 5.74) is 8.36. The van der Waals surface area contributed by atoms with Crippen molar-refractivity contribution in [3.05, 3.63) is 29.3 Å². The van der Waals surface area contributed by atoms with Gasteiger partial charge in [0.2, 0.25) is 0 Å². The van der Waals surface area contributed by atoms with E-state index in [1.807, 2.05) is 32.0 Å². The number of urea groups is 1. The largest absolute Gasteiger partial charge is 0.370 e. The summed E-state index contributed by atoms with van der Waals surface area (Å²) < 4.78 is 0. The molecular weight excluding hydrogens is 240 g/mol. The Morgan fingerprint density at radius 1 is 1.53 bits per heavy atom. The minimum absolute atomic E-state index is 0.00193. The van der Waals surface area contributed by atoms with Crippen LogP contribution >= 0.6 is 0 Å². The maximum Gasteiger partial charge on any atom is 0.326 e. The summed E-state index contributed by atoms with van der Waals surface area (Å²) in [4.78, 5) is 15.5. The minimum atomic E-state index is -0.428. The standard InChI is InChI=1S/C14H18N4O/c1-4-9-16-13(15)18-14(19)17-12-10(3)7-6-8-11(12)5-2/h1,6-8H,5,9H2,2-3H3,(H4,15,16,17,18,19). The topological polar surface area (TPSA) is 79.5 Å². The van der Waals surface area contributed by atoms with Crippen molar-refractivity contribution < 1.29 is 4.79 Å². The highest BCUT2D eigenvalue weighted by Gasteiger charge is 2.08. The number of nitrogens with two attached hydrogens (primary N) is 1. The van der Waals surface area contributed by atoms with E-state index in [0.717, 1.165) is 23.2 Å². The second-order valence-electron chi connectivity index (χ2n) is 3.95. The van der Waals surface area contributed by atoms with E-state index in [0.29, 0.717) is 0 Å². The average molecular weight is 258 g/mol. The molecule has 0 radical (unpaired) electrons. The first-order chi connectivity index (χ1) is 9.08. The van der Waals surface area contributed by atoms with E-state index in [1.165, 1.54) is 0 Å². The Balaban J connectivity index is 2.75. The fraction of sp³-hybridized carbons (Fsp3) is 0.286. The first-order valence-electron chi connectivity index (χ1n) is 5.98. The summed E-state index contributed by atoms with van der Waals surface area (Å²) in [7, 11) is 0. The van der Waals surface area contributed by atoms with Gasteiger partial charge in [0.25, 0.3) is 0 Å². The van der Waals surface area contributed by atoms with Crippen LogP contribution < -0.4 is 16.4 Å². The molecule has 19 heavy (non-hydrogen) atoms. The molecule has 5 heteroatoms. The van der Waals surface area contributed by atoms with E-state index < -0.39 is 6.03 Å². The Kier molecular flexibility index (Phi) is 5.42. The average Bonchev–Trinajstić information content (AvgIpc) is 2.38. The van der Waals surface area contributed by atoms with Crippen molar-refractivity contribution in [1.82, 2.24) is 5.32 Å². The molecule has 1 aromatic rings. The van der Waals surface area contributed by atoms with Gasteiger partial charge >= 0.3 is 6.03 Å². The SMILES string of the molecule is C#CCN=C(N)NC(=O)Nc1c(C)cccc1CC. The van der Waals surface area contributed by atoms with Crippen molar-refractivity contribution >= 4 is 17.7 Å². The molecule has 0 aliphatic rings. The monoisotopic (exact) mass is 258 g/mol. The second kappa shape index (κ2) is 7.07. The van der Waals surface area contributed by atoms with Crippen LogP contribution in [0.3, 0.4) is 0 Å². The number of aryl methyl sites for hydroxylation is 2. The van der Waals surface area contributed by atoms with E-state index in [2.05, 4.69) is 21.5 Å². The molecule has 0 fully saturated rings. The number of carbonyl (C=O) groups excluding carboxylic acids is 1. The number of guanidine groups is 1. The van der Waals surface area contributed by atoms with Crippen LogP contribution in [0.15, 0.2) is 23.2 Å². The molecule has 0 saturated carbocycles. The lowest BCUT2D eigenvalue weighted by Gasteiger charge is -2.13. The quantitative estimate of drug-likeness (QED) is 0.437. The number of amides is 2. The number of hydrogen-bond donors (Lipinski definition) is 3. The summed E-state index contributed by atoms with van der Waals surface area (Å²) >= 11 is 0. The van der Waals surface area contributed by atoms with Crippen molar-refractivity contribution in [2.75, 3.05) is 11.9 Å². The highest BCUT2D eigenvalue weighted by molar-refractivity contribution is 6.02. The van der Waals surface area contributed by atoms with Gasteiger partial charge in [-0.3, -0.25) is 5.32 Å². The number of benzene rings is 1. The zero-order chi connectivity index (χ0) is 14.3. The Bertz CT molecular complexity index is 529. The van der Waals surface area contributed by atoms with Gasteiger partial charge in [-0.1, -0.05) is 31.0 Å². The Hall–Kier alpha value is -2.48. The Morgan fingerprint density at radius 3 is 2.89 bits per heavy atom. The fourth-order valence-electron chi connectivity index (χ4n) is 1.63. The van der Waals surface area contributed by atoms with Crippen LogP contribution in [-0.4, -0.2) is 18.5 Å². The van der Waals surface area contributed by atoms with Gasteiger partial charge in [-0.25, -0.2) is 9.79 Å². The molecule has 0 aliphatic carbocycles. The number of hydrogen-bond acceptors (Lipinski definition) is 2. The summed E-state index contributed by atoms with van der Waals surface area (Å²) in [6.07, 6.45) is 5.88. The van der Waals surface area contributed by atoms with E-state index >= 15 is 0 Å². The number of rotatable bonds is 3. The predicted octanol–water partition coefficient (Wildman–Crippen LogP) is 1.63. The lowest BCUT2D eigenvalue weighted by Crippen LogP contribution is -2.40. The highest BCUT2D eigenvalue weighted by Crippen LogP contribution is 2.20. The molecule has 0 atom stereocenters. The summed E-state index contributed by atoms with van der Waals surface area (Å²) in [5, 5.41) is 5.20. The lowest BCUT2D eigenvalue weighted by atomic mass is 10.1. The van der Waals surface area contributed by atoms with Crippen LogP contribution in [0.4, 0.5) is 10.5 Å². The number of anilines is 1. The van der Waals surface area contributed by atoms with Gasteiger partial charge in [0, 0.05) is 5.69 Å². The fourth-order valence-corrected chi connectivity index (χ4v) is 1.63. The molecule has 0 saturated heterocycles. The molecule has 5 nitrogen and oxygen atoms in total. The first kappa shape index (κ1) is 14.6. The number of carbonyl (C=O) groups is 1. The lowest BCUT2D eigenvalue weighted by molar-refractivity contribution is 0.256. The predicted molar refractivity (Wildman–Crippen MR) is 78.0 cm³/mol. The highest BCUT2D eigenvalue weighted by atomic mass is 16.2. The summed E-state index contributed by atoms with van der Waals surface area (Å²) in [6.45, 7) is 4.10. The van der Waals surface area contributed by atoms with Crippen LogP contribution in [0, 0.1) is 19.3 Å².